The number of carbonyl (C=O) groups is 3. The van der Waals surface area contributed by atoms with Crippen LogP contribution in [0.5, 0.6) is 0 Å². The minimum atomic E-state index is -0.938. The van der Waals surface area contributed by atoms with Gasteiger partial charge in [-0.05, 0) is 13.8 Å². The molecule has 0 rings (SSSR count). The maximum absolute atomic E-state index is 11.0. The van der Waals surface area contributed by atoms with Crippen LogP contribution in [0.25, 0.3) is 0 Å². The molecular formula is C9H14O7. The molecule has 0 spiro atoms. The van der Waals surface area contributed by atoms with Crippen LogP contribution >= 0.6 is 0 Å². The van der Waals surface area contributed by atoms with Gasteiger partial charge in [-0.2, -0.15) is 0 Å². The molecule has 0 atom stereocenters. The smallest absolute Gasteiger partial charge is 0.435 e. The molecule has 0 fully saturated rings. The molecule has 0 heterocycles. The van der Waals surface area contributed by atoms with Crippen LogP contribution in [0.4, 0.5) is 9.59 Å². The van der Waals surface area contributed by atoms with E-state index in [1.165, 1.54) is 0 Å². The standard InChI is InChI=1S/C9H14O7/c1-3-13-8(11)15-5-7(10)6-16-9(12)14-4-2/h3-6H2,1-2H3. The lowest BCUT2D eigenvalue weighted by Crippen LogP contribution is -2.21. The van der Waals surface area contributed by atoms with Crippen LogP contribution in [-0.4, -0.2) is 44.5 Å². The van der Waals surface area contributed by atoms with Gasteiger partial charge in [0.1, 0.15) is 0 Å². The molecule has 0 aliphatic heterocycles. The summed E-state index contributed by atoms with van der Waals surface area (Å²) in [5, 5.41) is 0. The summed E-state index contributed by atoms with van der Waals surface area (Å²) in [6, 6.07) is 0. The highest BCUT2D eigenvalue weighted by Gasteiger charge is 2.11. The molecule has 0 aromatic heterocycles. The van der Waals surface area contributed by atoms with Crippen molar-refractivity contribution < 1.29 is 33.3 Å². The molecule has 0 unspecified atom stereocenters. The number of hydrogen-bond acceptors (Lipinski definition) is 7. The molecule has 0 aliphatic carbocycles. The van der Waals surface area contributed by atoms with Gasteiger partial charge in [-0.1, -0.05) is 0 Å². The van der Waals surface area contributed by atoms with Crippen LogP contribution in [0.3, 0.4) is 0 Å². The van der Waals surface area contributed by atoms with E-state index in [0.717, 1.165) is 0 Å². The Kier molecular flexibility index (Phi) is 7.56. The minimum absolute atomic E-state index is 0.159. The van der Waals surface area contributed by atoms with Crippen LogP contribution < -0.4 is 0 Å². The van der Waals surface area contributed by atoms with Gasteiger partial charge in [0.25, 0.3) is 0 Å². The van der Waals surface area contributed by atoms with E-state index in [-0.39, 0.29) is 13.2 Å². The van der Waals surface area contributed by atoms with Crippen molar-refractivity contribution in [2.75, 3.05) is 26.4 Å². The summed E-state index contributed by atoms with van der Waals surface area (Å²) < 4.78 is 17.6. The molecule has 7 nitrogen and oxygen atoms in total. The molecule has 0 N–H and O–H groups in total. The Labute approximate surface area is 92.6 Å². The Bertz CT molecular complexity index is 224. The van der Waals surface area contributed by atoms with Crippen molar-refractivity contribution in [3.63, 3.8) is 0 Å². The Morgan fingerprint density at radius 2 is 1.12 bits per heavy atom. The monoisotopic (exact) mass is 234 g/mol. The van der Waals surface area contributed by atoms with Gasteiger partial charge in [-0.15, -0.1) is 0 Å². The van der Waals surface area contributed by atoms with E-state index >= 15 is 0 Å². The summed E-state index contributed by atoms with van der Waals surface area (Å²) >= 11 is 0. The Balaban J connectivity index is 3.59. The second kappa shape index (κ2) is 8.51. The van der Waals surface area contributed by atoms with Crippen molar-refractivity contribution in [3.8, 4) is 0 Å². The fraction of sp³-hybridized carbons (Fsp3) is 0.667. The fourth-order valence-electron chi connectivity index (χ4n) is 0.640. The molecule has 92 valence electrons. The van der Waals surface area contributed by atoms with E-state index in [1.54, 1.807) is 13.8 Å². The highest BCUT2D eigenvalue weighted by molar-refractivity contribution is 5.83. The Morgan fingerprint density at radius 3 is 1.44 bits per heavy atom. The van der Waals surface area contributed by atoms with E-state index < -0.39 is 31.3 Å². The zero-order chi connectivity index (χ0) is 12.4. The summed E-state index contributed by atoms with van der Waals surface area (Å²) in [4.78, 5) is 32.3. The average Bonchev–Trinajstić information content (AvgIpc) is 2.24. The SMILES string of the molecule is CCOC(=O)OCC(=O)COC(=O)OCC. The maximum atomic E-state index is 11.0. The average molecular weight is 234 g/mol. The number of rotatable bonds is 6. The van der Waals surface area contributed by atoms with Crippen molar-refractivity contribution in [2.45, 2.75) is 13.8 Å². The van der Waals surface area contributed by atoms with Crippen molar-refractivity contribution in [1.82, 2.24) is 0 Å². The molecule has 0 saturated heterocycles. The fourth-order valence-corrected chi connectivity index (χ4v) is 0.640. The van der Waals surface area contributed by atoms with Gasteiger partial charge < -0.3 is 18.9 Å². The lowest BCUT2D eigenvalue weighted by molar-refractivity contribution is -0.126. The highest BCUT2D eigenvalue weighted by atomic mass is 16.7. The summed E-state index contributed by atoms with van der Waals surface area (Å²) in [5.74, 6) is -0.568. The molecule has 16 heavy (non-hydrogen) atoms. The first-order valence-corrected chi connectivity index (χ1v) is 4.70. The lowest BCUT2D eigenvalue weighted by Gasteiger charge is -2.05. The normalized spacial score (nSPS) is 9.12. The third kappa shape index (κ3) is 7.60. The van der Waals surface area contributed by atoms with Crippen molar-refractivity contribution >= 4 is 18.1 Å². The first-order chi connectivity index (χ1) is 7.60. The number of ketones is 1. The molecule has 0 aliphatic rings. The topological polar surface area (TPSA) is 88.1 Å². The Hall–Kier alpha value is -1.79. The molecule has 7 heteroatoms. The highest BCUT2D eigenvalue weighted by Crippen LogP contribution is 1.89. The van der Waals surface area contributed by atoms with Crippen LogP contribution in [-0.2, 0) is 23.7 Å². The first-order valence-electron chi connectivity index (χ1n) is 4.70. The van der Waals surface area contributed by atoms with E-state index in [2.05, 4.69) is 18.9 Å². The molecule has 0 saturated carbocycles. The third-order valence-electron chi connectivity index (χ3n) is 1.23. The van der Waals surface area contributed by atoms with Crippen molar-refractivity contribution in [3.05, 3.63) is 0 Å². The van der Waals surface area contributed by atoms with E-state index in [4.69, 9.17) is 0 Å². The van der Waals surface area contributed by atoms with Crippen LogP contribution in [0.15, 0.2) is 0 Å². The van der Waals surface area contributed by atoms with E-state index in [0.29, 0.717) is 0 Å². The van der Waals surface area contributed by atoms with Gasteiger partial charge in [0.2, 0.25) is 5.78 Å². The van der Waals surface area contributed by atoms with Gasteiger partial charge in [0, 0.05) is 0 Å². The molecular weight excluding hydrogens is 220 g/mol. The third-order valence-corrected chi connectivity index (χ3v) is 1.23. The molecule has 0 aromatic rings. The zero-order valence-corrected chi connectivity index (χ0v) is 9.19. The summed E-state index contributed by atoms with van der Waals surface area (Å²) in [7, 11) is 0. The van der Waals surface area contributed by atoms with Gasteiger partial charge in [-0.3, -0.25) is 4.79 Å². The van der Waals surface area contributed by atoms with Gasteiger partial charge in [0.05, 0.1) is 13.2 Å². The lowest BCUT2D eigenvalue weighted by atomic mass is 10.4. The van der Waals surface area contributed by atoms with Crippen molar-refractivity contribution in [2.24, 2.45) is 0 Å². The van der Waals surface area contributed by atoms with Gasteiger partial charge in [-0.25, -0.2) is 9.59 Å². The van der Waals surface area contributed by atoms with Crippen LogP contribution in [0.2, 0.25) is 0 Å². The summed E-state index contributed by atoms with van der Waals surface area (Å²) in [6.07, 6.45) is -1.88. The number of Topliss-reactive ketones (excluding diaryl/α,β-unsaturated/α-hetero) is 1. The predicted molar refractivity (Wildman–Crippen MR) is 51.0 cm³/mol. The number of hydrogen-bond donors (Lipinski definition) is 0. The van der Waals surface area contributed by atoms with Crippen molar-refractivity contribution in [1.29, 1.82) is 0 Å². The molecule has 0 aromatic carbocycles. The molecule has 0 amide bonds. The largest absolute Gasteiger partial charge is 0.508 e. The molecule has 0 radical (unpaired) electrons. The second-order valence-corrected chi connectivity index (χ2v) is 2.48. The first kappa shape index (κ1) is 14.2. The van der Waals surface area contributed by atoms with Crippen LogP contribution in [0, 0.1) is 0 Å². The minimum Gasteiger partial charge on any atom is -0.435 e. The summed E-state index contributed by atoms with van der Waals surface area (Å²) in [6.45, 7) is 2.52. The van der Waals surface area contributed by atoms with Gasteiger partial charge in [0.15, 0.2) is 13.2 Å². The maximum Gasteiger partial charge on any atom is 0.508 e. The predicted octanol–water partition coefficient (Wildman–Crippen LogP) is 0.902. The number of carbonyl (C=O) groups excluding carboxylic acids is 3. The Morgan fingerprint density at radius 1 is 0.750 bits per heavy atom. The van der Waals surface area contributed by atoms with E-state index in [1.807, 2.05) is 0 Å². The zero-order valence-electron chi connectivity index (χ0n) is 9.19. The molecule has 0 bridgehead atoms. The summed E-state index contributed by atoms with van der Waals surface area (Å²) in [5.41, 5.74) is 0. The quantitative estimate of drug-likeness (QED) is 0.631. The van der Waals surface area contributed by atoms with Gasteiger partial charge >= 0.3 is 12.3 Å². The second-order valence-electron chi connectivity index (χ2n) is 2.48. The van der Waals surface area contributed by atoms with E-state index in [9.17, 15) is 14.4 Å². The van der Waals surface area contributed by atoms with Crippen LogP contribution in [0.1, 0.15) is 13.8 Å². The number of ether oxygens (including phenoxy) is 4.